The molecule has 0 aromatic carbocycles. The maximum atomic E-state index is 11.4. The van der Waals surface area contributed by atoms with E-state index in [1.165, 1.54) is 0 Å². The van der Waals surface area contributed by atoms with Crippen molar-refractivity contribution in [3.05, 3.63) is 22.2 Å². The minimum absolute atomic E-state index is 0.0331. The number of aromatic nitrogens is 1. The maximum absolute atomic E-state index is 11.4. The molecule has 90 valence electrons. The van der Waals surface area contributed by atoms with Crippen LogP contribution < -0.4 is 5.56 Å². The molecule has 1 heterocycles. The molecular formula is C8H11NO6S. The van der Waals surface area contributed by atoms with Crippen molar-refractivity contribution in [3.63, 3.8) is 0 Å². The van der Waals surface area contributed by atoms with Crippen molar-refractivity contribution in [1.82, 2.24) is 5.16 Å². The molecule has 0 unspecified atom stereocenters. The first-order valence-corrected chi connectivity index (χ1v) is 6.28. The Morgan fingerprint density at radius 3 is 2.75 bits per heavy atom. The molecule has 1 N–H and O–H groups in total. The molecule has 1 rings (SSSR count). The molecule has 0 amide bonds. The largest absolute Gasteiger partial charge is 0.465 e. The van der Waals surface area contributed by atoms with Gasteiger partial charge in [0, 0.05) is 6.07 Å². The van der Waals surface area contributed by atoms with Crippen LogP contribution in [0.1, 0.15) is 12.7 Å². The maximum Gasteiger partial charge on any atom is 0.321 e. The van der Waals surface area contributed by atoms with Crippen LogP contribution in [0.5, 0.6) is 0 Å². The van der Waals surface area contributed by atoms with Crippen molar-refractivity contribution >= 4 is 15.8 Å². The van der Waals surface area contributed by atoms with E-state index in [0.29, 0.717) is 0 Å². The zero-order valence-corrected chi connectivity index (χ0v) is 9.37. The third-order valence-electron chi connectivity index (χ3n) is 1.58. The zero-order valence-electron chi connectivity index (χ0n) is 8.56. The smallest absolute Gasteiger partial charge is 0.321 e. The van der Waals surface area contributed by atoms with Gasteiger partial charge in [-0.3, -0.25) is 9.59 Å². The Morgan fingerprint density at radius 1 is 1.56 bits per heavy atom. The first-order valence-electron chi connectivity index (χ1n) is 4.46. The Balaban J connectivity index is 2.65. The van der Waals surface area contributed by atoms with Crippen LogP contribution in [0.15, 0.2) is 15.4 Å². The Morgan fingerprint density at radius 2 is 2.25 bits per heavy atom. The quantitative estimate of drug-likeness (QED) is 0.701. The van der Waals surface area contributed by atoms with Crippen LogP contribution in [0.3, 0.4) is 0 Å². The number of H-pyrrole nitrogens is 1. The van der Waals surface area contributed by atoms with E-state index in [1.807, 2.05) is 5.16 Å². The monoisotopic (exact) mass is 249 g/mol. The summed E-state index contributed by atoms with van der Waals surface area (Å²) in [6.45, 7) is 1.70. The molecule has 0 radical (unpaired) electrons. The number of hydrogen-bond acceptors (Lipinski definition) is 6. The SMILES string of the molecule is CCOC(=O)CS(=O)(=O)Cc1cc(=O)[nH]o1. The van der Waals surface area contributed by atoms with Crippen molar-refractivity contribution in [2.45, 2.75) is 12.7 Å². The first-order chi connectivity index (χ1) is 7.43. The molecule has 1 aromatic rings. The highest BCUT2D eigenvalue weighted by atomic mass is 32.2. The van der Waals surface area contributed by atoms with Gasteiger partial charge in [0.1, 0.15) is 11.5 Å². The second-order valence-corrected chi connectivity index (χ2v) is 5.08. The highest BCUT2D eigenvalue weighted by Crippen LogP contribution is 2.03. The van der Waals surface area contributed by atoms with Crippen LogP contribution in [0, 0.1) is 0 Å². The summed E-state index contributed by atoms with van der Waals surface area (Å²) in [6, 6.07) is 1.02. The number of rotatable bonds is 5. The van der Waals surface area contributed by atoms with Gasteiger partial charge in [0.25, 0.3) is 5.56 Å². The van der Waals surface area contributed by atoms with Crippen LogP contribution in [0.2, 0.25) is 0 Å². The van der Waals surface area contributed by atoms with Gasteiger partial charge in [-0.2, -0.15) is 5.16 Å². The van der Waals surface area contributed by atoms with Crippen LogP contribution in [-0.2, 0) is 25.1 Å². The van der Waals surface area contributed by atoms with E-state index in [0.717, 1.165) is 6.07 Å². The molecule has 0 saturated carbocycles. The highest BCUT2D eigenvalue weighted by Gasteiger charge is 2.20. The van der Waals surface area contributed by atoms with Gasteiger partial charge in [-0.05, 0) is 6.92 Å². The van der Waals surface area contributed by atoms with Crippen LogP contribution in [0.25, 0.3) is 0 Å². The predicted octanol–water partition coefficient (Wildman–Crippen LogP) is -0.554. The number of hydrogen-bond donors (Lipinski definition) is 1. The van der Waals surface area contributed by atoms with E-state index in [-0.39, 0.29) is 12.4 Å². The number of ether oxygens (including phenoxy) is 1. The van der Waals surface area contributed by atoms with Crippen LogP contribution >= 0.6 is 0 Å². The minimum atomic E-state index is -3.67. The van der Waals surface area contributed by atoms with Gasteiger partial charge in [0.05, 0.1) is 6.61 Å². The van der Waals surface area contributed by atoms with Gasteiger partial charge in [0.15, 0.2) is 15.6 Å². The second kappa shape index (κ2) is 4.97. The summed E-state index contributed by atoms with van der Waals surface area (Å²) < 4.78 is 31.9. The first kappa shape index (κ1) is 12.5. The van der Waals surface area contributed by atoms with E-state index >= 15 is 0 Å². The average Bonchev–Trinajstić information content (AvgIpc) is 2.49. The Bertz CT molecular complexity index is 511. The number of carbonyl (C=O) groups excluding carboxylic acids is 1. The molecule has 0 atom stereocenters. The summed E-state index contributed by atoms with van der Waals surface area (Å²) in [5, 5.41) is 1.96. The van der Waals surface area contributed by atoms with E-state index < -0.39 is 32.9 Å². The lowest BCUT2D eigenvalue weighted by atomic mass is 10.5. The number of sulfone groups is 1. The normalized spacial score (nSPS) is 11.3. The van der Waals surface area contributed by atoms with E-state index in [1.54, 1.807) is 6.92 Å². The lowest BCUT2D eigenvalue weighted by Gasteiger charge is -2.01. The number of aromatic amines is 1. The molecule has 0 spiro atoms. The summed E-state index contributed by atoms with van der Waals surface area (Å²) in [6.07, 6.45) is 0. The molecule has 0 fully saturated rings. The molecule has 1 aromatic heterocycles. The van der Waals surface area contributed by atoms with Crippen molar-refractivity contribution in [3.8, 4) is 0 Å². The molecular weight excluding hydrogens is 238 g/mol. The third-order valence-corrected chi connectivity index (χ3v) is 2.98. The molecule has 0 bridgehead atoms. The Labute approximate surface area is 91.3 Å². The van der Waals surface area contributed by atoms with Crippen molar-refractivity contribution in [2.24, 2.45) is 0 Å². The summed E-state index contributed by atoms with van der Waals surface area (Å²) in [7, 11) is -3.67. The Hall–Kier alpha value is -1.57. The van der Waals surface area contributed by atoms with Crippen LogP contribution in [0.4, 0.5) is 0 Å². The standard InChI is InChI=1S/C8H11NO6S/c1-2-14-8(11)5-16(12,13)4-6-3-7(10)9-15-6/h3H,2,4-5H2,1H3,(H,9,10). The van der Waals surface area contributed by atoms with Crippen molar-refractivity contribution in [2.75, 3.05) is 12.4 Å². The fourth-order valence-electron chi connectivity index (χ4n) is 1.04. The fraction of sp³-hybridized carbons (Fsp3) is 0.500. The lowest BCUT2D eigenvalue weighted by molar-refractivity contribution is -0.139. The summed E-state index contributed by atoms with van der Waals surface area (Å²) in [5.41, 5.74) is -0.527. The lowest BCUT2D eigenvalue weighted by Crippen LogP contribution is -2.19. The predicted molar refractivity (Wildman–Crippen MR) is 53.5 cm³/mol. The van der Waals surface area contributed by atoms with Gasteiger partial charge in [0.2, 0.25) is 0 Å². The van der Waals surface area contributed by atoms with E-state index in [4.69, 9.17) is 0 Å². The second-order valence-electron chi connectivity index (χ2n) is 3.02. The fourth-order valence-corrected chi connectivity index (χ4v) is 2.16. The van der Waals surface area contributed by atoms with E-state index in [9.17, 15) is 18.0 Å². The summed E-state index contributed by atoms with van der Waals surface area (Å²) >= 11 is 0. The van der Waals surface area contributed by atoms with E-state index in [2.05, 4.69) is 9.26 Å². The highest BCUT2D eigenvalue weighted by molar-refractivity contribution is 7.91. The molecule has 0 saturated heterocycles. The van der Waals surface area contributed by atoms with Crippen molar-refractivity contribution in [1.29, 1.82) is 0 Å². The van der Waals surface area contributed by atoms with Gasteiger partial charge in [-0.1, -0.05) is 0 Å². The molecule has 0 aliphatic rings. The molecule has 8 heteroatoms. The number of esters is 1. The average molecular weight is 249 g/mol. The van der Waals surface area contributed by atoms with Gasteiger partial charge in [-0.15, -0.1) is 0 Å². The Kier molecular flexibility index (Phi) is 3.88. The number of nitrogens with one attached hydrogen (secondary N) is 1. The van der Waals surface area contributed by atoms with Gasteiger partial charge >= 0.3 is 5.97 Å². The minimum Gasteiger partial charge on any atom is -0.465 e. The molecule has 7 nitrogen and oxygen atoms in total. The molecule has 16 heavy (non-hydrogen) atoms. The zero-order chi connectivity index (χ0) is 12.2. The van der Waals surface area contributed by atoms with Crippen molar-refractivity contribution < 1.29 is 22.5 Å². The summed E-state index contributed by atoms with van der Waals surface area (Å²) in [4.78, 5) is 21.6. The molecule has 0 aliphatic carbocycles. The van der Waals surface area contributed by atoms with Gasteiger partial charge < -0.3 is 9.26 Å². The topological polar surface area (TPSA) is 106 Å². The third kappa shape index (κ3) is 3.89. The number of carbonyl (C=O) groups is 1. The molecule has 0 aliphatic heterocycles. The van der Waals surface area contributed by atoms with Gasteiger partial charge in [-0.25, -0.2) is 8.42 Å². The van der Waals surface area contributed by atoms with Crippen LogP contribution in [-0.4, -0.2) is 31.9 Å². The summed E-state index contributed by atoms with van der Waals surface area (Å²) in [5.74, 6) is -2.09.